The van der Waals surface area contributed by atoms with Crippen LogP contribution < -0.4 is 0 Å². The highest BCUT2D eigenvalue weighted by molar-refractivity contribution is 7.90. The maximum absolute atomic E-state index is 11.4. The van der Waals surface area contributed by atoms with E-state index in [-0.39, 0.29) is 10.5 Å². The number of amidine groups is 1. The van der Waals surface area contributed by atoms with Crippen molar-refractivity contribution >= 4 is 46.4 Å². The van der Waals surface area contributed by atoms with Gasteiger partial charge in [0.1, 0.15) is 5.16 Å². The van der Waals surface area contributed by atoms with Crippen molar-refractivity contribution in [1.82, 2.24) is 4.67 Å². The third-order valence-electron chi connectivity index (χ3n) is 1.14. The van der Waals surface area contributed by atoms with E-state index < -0.39 is 6.65 Å². The van der Waals surface area contributed by atoms with Crippen LogP contribution in [-0.2, 0) is 4.57 Å². The van der Waals surface area contributed by atoms with Crippen molar-refractivity contribution in [2.75, 3.05) is 7.05 Å². The minimum atomic E-state index is -3.04. The lowest BCUT2D eigenvalue weighted by Crippen LogP contribution is -2.18. The van der Waals surface area contributed by atoms with Gasteiger partial charge in [0.25, 0.3) is 6.65 Å². The molecule has 0 spiro atoms. The molecule has 0 fully saturated rings. The van der Waals surface area contributed by atoms with Crippen molar-refractivity contribution < 1.29 is 4.57 Å². The first kappa shape index (κ1) is 9.40. The van der Waals surface area contributed by atoms with Gasteiger partial charge in [-0.15, -0.1) is 0 Å². The Morgan fingerprint density at radius 3 is 2.64 bits per heavy atom. The van der Waals surface area contributed by atoms with Crippen LogP contribution in [0.4, 0.5) is 0 Å². The number of hydrogen-bond donors (Lipinski definition) is 0. The molecule has 0 amide bonds. The molecule has 1 atom stereocenters. The van der Waals surface area contributed by atoms with Gasteiger partial charge >= 0.3 is 0 Å². The van der Waals surface area contributed by atoms with E-state index in [1.54, 1.807) is 0 Å². The van der Waals surface area contributed by atoms with Crippen molar-refractivity contribution in [1.29, 1.82) is 0 Å². The summed E-state index contributed by atoms with van der Waals surface area (Å²) in [6, 6.07) is 0. The second kappa shape index (κ2) is 2.98. The Balaban J connectivity index is 3.11. The highest BCUT2D eigenvalue weighted by atomic mass is 35.7. The summed E-state index contributed by atoms with van der Waals surface area (Å²) < 4.78 is 12.5. The number of hydrogen-bond acceptors (Lipinski definition) is 2. The molecule has 1 heterocycles. The van der Waals surface area contributed by atoms with E-state index in [2.05, 4.69) is 4.99 Å². The molecule has 0 aromatic heterocycles. The Morgan fingerprint density at radius 2 is 2.18 bits per heavy atom. The standard InChI is InChI=1S/C4H4Cl3N2OP/c1-9-4(6)8-3(5)2-11(9,7)10/h2H,1H3. The van der Waals surface area contributed by atoms with Crippen LogP contribution >= 0.6 is 41.1 Å². The second-order valence-corrected chi connectivity index (χ2v) is 6.03. The van der Waals surface area contributed by atoms with Gasteiger partial charge in [0, 0.05) is 12.9 Å². The number of aliphatic imine (C=N–C) groups is 1. The fourth-order valence-electron chi connectivity index (χ4n) is 0.520. The third-order valence-corrected chi connectivity index (χ3v) is 4.49. The smallest absolute Gasteiger partial charge is 0.284 e. The Morgan fingerprint density at radius 1 is 1.64 bits per heavy atom. The third kappa shape index (κ3) is 1.91. The van der Waals surface area contributed by atoms with Crippen LogP contribution in [0.5, 0.6) is 0 Å². The van der Waals surface area contributed by atoms with Gasteiger partial charge in [-0.2, -0.15) is 0 Å². The summed E-state index contributed by atoms with van der Waals surface area (Å²) in [5.74, 6) is 1.18. The van der Waals surface area contributed by atoms with Gasteiger partial charge in [-0.05, 0) is 22.8 Å². The van der Waals surface area contributed by atoms with E-state index in [0.29, 0.717) is 0 Å². The van der Waals surface area contributed by atoms with Gasteiger partial charge in [-0.3, -0.25) is 9.24 Å². The van der Waals surface area contributed by atoms with Crippen molar-refractivity contribution in [3.05, 3.63) is 11.0 Å². The first-order chi connectivity index (χ1) is 4.93. The largest absolute Gasteiger partial charge is 0.285 e. The maximum atomic E-state index is 11.4. The van der Waals surface area contributed by atoms with E-state index in [4.69, 9.17) is 34.4 Å². The van der Waals surface area contributed by atoms with Crippen LogP contribution in [0.1, 0.15) is 0 Å². The zero-order valence-corrected chi connectivity index (χ0v) is 8.62. The molecular formula is C4H4Cl3N2OP. The highest BCUT2D eigenvalue weighted by Gasteiger charge is 2.28. The Labute approximate surface area is 78.8 Å². The Hall–Kier alpha value is 0.310. The van der Waals surface area contributed by atoms with E-state index in [1.165, 1.54) is 17.5 Å². The van der Waals surface area contributed by atoms with Gasteiger partial charge in [-0.1, -0.05) is 11.6 Å². The monoisotopic (exact) mass is 232 g/mol. The number of rotatable bonds is 0. The highest BCUT2D eigenvalue weighted by Crippen LogP contribution is 2.58. The number of nitrogens with zero attached hydrogens (tertiary/aromatic N) is 2. The minimum Gasteiger partial charge on any atom is -0.285 e. The average Bonchev–Trinajstić information content (AvgIpc) is 1.81. The lowest BCUT2D eigenvalue weighted by molar-refractivity contribution is 0.562. The molecule has 1 aliphatic heterocycles. The molecule has 0 saturated carbocycles. The molecule has 0 aliphatic carbocycles. The second-order valence-electron chi connectivity index (χ2n) is 1.90. The van der Waals surface area contributed by atoms with Crippen LogP contribution in [0.3, 0.4) is 0 Å². The quantitative estimate of drug-likeness (QED) is 0.476. The van der Waals surface area contributed by atoms with Crippen molar-refractivity contribution in [3.8, 4) is 0 Å². The summed E-state index contributed by atoms with van der Waals surface area (Å²) in [5, 5.41) is 0.0993. The molecule has 0 N–H and O–H groups in total. The molecule has 0 aromatic rings. The predicted octanol–water partition coefficient (Wildman–Crippen LogP) is 3.00. The minimum absolute atomic E-state index is 0.0378. The summed E-state index contributed by atoms with van der Waals surface area (Å²) in [7, 11) is 1.49. The molecule has 0 aromatic carbocycles. The topological polar surface area (TPSA) is 32.7 Å². The van der Waals surface area contributed by atoms with Crippen molar-refractivity contribution in [2.45, 2.75) is 0 Å². The average molecular weight is 233 g/mol. The molecule has 0 bridgehead atoms. The Kier molecular flexibility index (Phi) is 2.55. The maximum Gasteiger partial charge on any atom is 0.284 e. The zero-order chi connectivity index (χ0) is 8.65. The van der Waals surface area contributed by atoms with Crippen LogP contribution in [0.15, 0.2) is 16.0 Å². The summed E-state index contributed by atoms with van der Waals surface area (Å²) in [5.41, 5.74) is 0. The molecule has 1 aliphatic rings. The van der Waals surface area contributed by atoms with Crippen LogP contribution in [-0.4, -0.2) is 17.0 Å². The van der Waals surface area contributed by atoms with Crippen LogP contribution in [0.25, 0.3) is 0 Å². The molecular weight excluding hydrogens is 229 g/mol. The van der Waals surface area contributed by atoms with Crippen LogP contribution in [0, 0.1) is 0 Å². The van der Waals surface area contributed by atoms with Gasteiger partial charge in [0.2, 0.25) is 5.29 Å². The lowest BCUT2D eigenvalue weighted by atomic mass is 11.0. The van der Waals surface area contributed by atoms with Crippen molar-refractivity contribution in [2.24, 2.45) is 4.99 Å². The molecule has 1 rings (SSSR count). The van der Waals surface area contributed by atoms with E-state index in [1.807, 2.05) is 0 Å². The normalized spacial score (nSPS) is 31.5. The molecule has 7 heteroatoms. The molecule has 11 heavy (non-hydrogen) atoms. The zero-order valence-electron chi connectivity index (χ0n) is 5.46. The SMILES string of the molecule is CN1C(Cl)=NC(Cl)=CP1(=O)Cl. The first-order valence-electron chi connectivity index (χ1n) is 2.59. The molecule has 62 valence electrons. The number of halogens is 3. The summed E-state index contributed by atoms with van der Waals surface area (Å²) in [4.78, 5) is 3.64. The molecule has 1 unspecified atom stereocenters. The molecule has 0 saturated heterocycles. The Bertz CT molecular complexity index is 287. The summed E-state index contributed by atoms with van der Waals surface area (Å²) in [6.45, 7) is -3.04. The van der Waals surface area contributed by atoms with Gasteiger partial charge < -0.3 is 0 Å². The van der Waals surface area contributed by atoms with Gasteiger partial charge in [-0.25, -0.2) is 4.99 Å². The predicted molar refractivity (Wildman–Crippen MR) is 48.4 cm³/mol. The molecule has 0 radical (unpaired) electrons. The summed E-state index contributed by atoms with van der Waals surface area (Å²) >= 11 is 16.6. The fourth-order valence-corrected chi connectivity index (χ4v) is 2.99. The van der Waals surface area contributed by atoms with Gasteiger partial charge in [0.05, 0.1) is 0 Å². The van der Waals surface area contributed by atoms with Crippen LogP contribution in [0.2, 0.25) is 0 Å². The first-order valence-corrected chi connectivity index (χ1v) is 5.98. The molecule has 3 nitrogen and oxygen atoms in total. The fraction of sp³-hybridized carbons (Fsp3) is 0.250. The van der Waals surface area contributed by atoms with E-state index >= 15 is 0 Å². The van der Waals surface area contributed by atoms with Crippen molar-refractivity contribution in [3.63, 3.8) is 0 Å². The van der Waals surface area contributed by atoms with Gasteiger partial charge in [0.15, 0.2) is 0 Å². The summed E-state index contributed by atoms with van der Waals surface area (Å²) in [6.07, 6.45) is 0. The van der Waals surface area contributed by atoms with E-state index in [0.717, 1.165) is 0 Å². The lowest BCUT2D eigenvalue weighted by Gasteiger charge is -2.22. The van der Waals surface area contributed by atoms with E-state index in [9.17, 15) is 4.57 Å².